The Morgan fingerprint density at radius 2 is 1.86 bits per heavy atom. The van der Waals surface area contributed by atoms with E-state index in [1.54, 1.807) is 18.2 Å². The first-order valence-electron chi connectivity index (χ1n) is 8.56. The number of halogens is 3. The van der Waals surface area contributed by atoms with E-state index in [-0.39, 0.29) is 17.6 Å². The number of fused-ring (bicyclic) bond motifs is 1. The summed E-state index contributed by atoms with van der Waals surface area (Å²) in [4.78, 5) is 29.2. The number of aromatic nitrogens is 2. The number of pyridine rings is 1. The molecule has 0 bridgehead atoms. The molecule has 0 fully saturated rings. The number of imidazole rings is 1. The second-order valence-corrected chi connectivity index (χ2v) is 6.20. The molecule has 0 saturated carbocycles. The second-order valence-electron chi connectivity index (χ2n) is 6.20. The van der Waals surface area contributed by atoms with Gasteiger partial charge in [-0.2, -0.15) is 0 Å². The van der Waals surface area contributed by atoms with Crippen molar-refractivity contribution in [3.05, 3.63) is 65.5 Å². The average molecular weight is 390 g/mol. The fraction of sp³-hybridized carbons (Fsp3) is 0.211. The highest BCUT2D eigenvalue weighted by atomic mass is 19.2. The molecule has 0 radical (unpaired) electrons. The van der Waals surface area contributed by atoms with E-state index in [0.29, 0.717) is 18.0 Å². The maximum absolute atomic E-state index is 13.8. The van der Waals surface area contributed by atoms with Gasteiger partial charge >= 0.3 is 0 Å². The molecule has 2 heterocycles. The first-order valence-corrected chi connectivity index (χ1v) is 8.56. The number of carbonyl (C=O) groups is 2. The van der Waals surface area contributed by atoms with E-state index < -0.39 is 35.0 Å². The average Bonchev–Trinajstić information content (AvgIpc) is 3.08. The first kappa shape index (κ1) is 19.4. The van der Waals surface area contributed by atoms with Crippen LogP contribution in [-0.4, -0.2) is 27.2 Å². The lowest BCUT2D eigenvalue weighted by Gasteiger charge is -2.09. The molecule has 3 aromatic rings. The normalized spacial score (nSPS) is 12.0. The minimum absolute atomic E-state index is 0.0248. The number of amides is 2. The van der Waals surface area contributed by atoms with Crippen molar-refractivity contribution in [1.82, 2.24) is 14.7 Å². The summed E-state index contributed by atoms with van der Waals surface area (Å²) in [5.74, 6) is -6.13. The summed E-state index contributed by atoms with van der Waals surface area (Å²) in [6, 6.07) is 6.41. The van der Waals surface area contributed by atoms with E-state index in [1.165, 1.54) is 10.6 Å². The maximum Gasteiger partial charge on any atom is 0.292 e. The van der Waals surface area contributed by atoms with Crippen molar-refractivity contribution in [2.75, 3.05) is 5.32 Å². The van der Waals surface area contributed by atoms with Crippen molar-refractivity contribution < 1.29 is 22.8 Å². The van der Waals surface area contributed by atoms with E-state index in [1.807, 2.05) is 13.8 Å². The molecule has 1 aromatic carbocycles. The zero-order valence-corrected chi connectivity index (χ0v) is 15.1. The van der Waals surface area contributed by atoms with Gasteiger partial charge in [0.1, 0.15) is 0 Å². The summed E-state index contributed by atoms with van der Waals surface area (Å²) in [7, 11) is 0. The molecular formula is C19H17F3N4O2. The van der Waals surface area contributed by atoms with Crippen molar-refractivity contribution in [3.8, 4) is 0 Å². The van der Waals surface area contributed by atoms with Gasteiger partial charge in [0.15, 0.2) is 23.1 Å². The van der Waals surface area contributed by atoms with Gasteiger partial charge in [0.25, 0.3) is 11.8 Å². The van der Waals surface area contributed by atoms with E-state index in [9.17, 15) is 22.8 Å². The summed E-state index contributed by atoms with van der Waals surface area (Å²) >= 11 is 0. The summed E-state index contributed by atoms with van der Waals surface area (Å²) in [5.41, 5.74) is -0.141. The third-order valence-corrected chi connectivity index (χ3v) is 4.24. The second kappa shape index (κ2) is 7.71. The number of rotatable bonds is 5. The Labute approximate surface area is 158 Å². The number of hydrogen-bond acceptors (Lipinski definition) is 3. The van der Waals surface area contributed by atoms with E-state index in [0.717, 1.165) is 6.07 Å². The van der Waals surface area contributed by atoms with Crippen LogP contribution in [0.15, 0.2) is 36.5 Å². The van der Waals surface area contributed by atoms with Crippen LogP contribution in [0.5, 0.6) is 0 Å². The molecule has 1 atom stereocenters. The van der Waals surface area contributed by atoms with Gasteiger partial charge in [-0.05, 0) is 37.6 Å². The van der Waals surface area contributed by atoms with Gasteiger partial charge in [0.2, 0.25) is 5.82 Å². The number of hydrogen-bond donors (Lipinski definition) is 2. The Morgan fingerprint density at radius 1 is 1.11 bits per heavy atom. The van der Waals surface area contributed by atoms with Crippen molar-refractivity contribution in [2.45, 2.75) is 26.3 Å². The molecule has 0 aliphatic heterocycles. The molecule has 28 heavy (non-hydrogen) atoms. The summed E-state index contributed by atoms with van der Waals surface area (Å²) in [5, 5.41) is 4.92. The van der Waals surface area contributed by atoms with Gasteiger partial charge in [0.05, 0.1) is 11.2 Å². The quantitative estimate of drug-likeness (QED) is 0.655. The molecule has 146 valence electrons. The third-order valence-electron chi connectivity index (χ3n) is 4.24. The molecule has 0 aliphatic rings. The minimum Gasteiger partial charge on any atom is -0.348 e. The van der Waals surface area contributed by atoms with Gasteiger partial charge in [0, 0.05) is 12.2 Å². The Balaban J connectivity index is 1.98. The highest BCUT2D eigenvalue weighted by molar-refractivity contribution is 6.06. The van der Waals surface area contributed by atoms with Crippen LogP contribution >= 0.6 is 0 Å². The van der Waals surface area contributed by atoms with Crippen LogP contribution in [0.4, 0.5) is 18.9 Å². The molecule has 3 rings (SSSR count). The summed E-state index contributed by atoms with van der Waals surface area (Å²) < 4.78 is 41.7. The number of benzene rings is 1. The predicted molar refractivity (Wildman–Crippen MR) is 96.7 cm³/mol. The van der Waals surface area contributed by atoms with Crippen LogP contribution < -0.4 is 10.6 Å². The highest BCUT2D eigenvalue weighted by Gasteiger charge is 2.23. The monoisotopic (exact) mass is 390 g/mol. The van der Waals surface area contributed by atoms with Crippen LogP contribution in [0, 0.1) is 17.5 Å². The van der Waals surface area contributed by atoms with E-state index in [4.69, 9.17) is 0 Å². The zero-order chi connectivity index (χ0) is 20.4. The Morgan fingerprint density at radius 3 is 2.57 bits per heavy atom. The smallest absolute Gasteiger partial charge is 0.292 e. The van der Waals surface area contributed by atoms with Gasteiger partial charge in [-0.3, -0.25) is 14.0 Å². The molecule has 2 N–H and O–H groups in total. The molecular weight excluding hydrogens is 373 g/mol. The van der Waals surface area contributed by atoms with Crippen molar-refractivity contribution >= 4 is 23.0 Å². The maximum atomic E-state index is 13.8. The van der Waals surface area contributed by atoms with Crippen LogP contribution in [-0.2, 0) is 0 Å². The first-order chi connectivity index (χ1) is 13.3. The van der Waals surface area contributed by atoms with E-state index >= 15 is 0 Å². The molecule has 2 amide bonds. The highest BCUT2D eigenvalue weighted by Crippen LogP contribution is 2.21. The predicted octanol–water partition coefficient (Wildman–Crippen LogP) is 3.53. The minimum atomic E-state index is -1.70. The Bertz CT molecular complexity index is 1060. The zero-order valence-electron chi connectivity index (χ0n) is 15.1. The van der Waals surface area contributed by atoms with Crippen LogP contribution in [0.1, 0.15) is 41.4 Å². The molecule has 0 aliphatic carbocycles. The van der Waals surface area contributed by atoms with Crippen molar-refractivity contribution in [3.63, 3.8) is 0 Å². The lowest BCUT2D eigenvalue weighted by atomic mass is 10.2. The van der Waals surface area contributed by atoms with Crippen LogP contribution in [0.3, 0.4) is 0 Å². The fourth-order valence-corrected chi connectivity index (χ4v) is 2.56. The molecule has 0 saturated heterocycles. The van der Waals surface area contributed by atoms with Crippen LogP contribution in [0.25, 0.3) is 5.52 Å². The number of nitrogens with zero attached hydrogens (tertiary/aromatic N) is 2. The van der Waals surface area contributed by atoms with Gasteiger partial charge in [-0.25, -0.2) is 18.2 Å². The number of carbonyl (C=O) groups excluding carboxylic acids is 2. The van der Waals surface area contributed by atoms with Crippen molar-refractivity contribution in [1.29, 1.82) is 0 Å². The summed E-state index contributed by atoms with van der Waals surface area (Å²) in [6.45, 7) is 3.74. The third kappa shape index (κ3) is 3.55. The fourth-order valence-electron chi connectivity index (χ4n) is 2.56. The van der Waals surface area contributed by atoms with Crippen LogP contribution in [0.2, 0.25) is 0 Å². The Kier molecular flexibility index (Phi) is 5.34. The Hall–Kier alpha value is -3.36. The molecule has 9 heteroatoms. The molecule has 0 spiro atoms. The topological polar surface area (TPSA) is 75.5 Å². The SMILES string of the molecule is CCC(C)NC(=O)c1nc(C(=O)Nc2ccc(F)c(F)c2F)n2ccccc12. The molecule has 2 aromatic heterocycles. The van der Waals surface area contributed by atoms with E-state index in [2.05, 4.69) is 15.6 Å². The number of nitrogens with one attached hydrogen (secondary N) is 2. The molecule has 6 nitrogen and oxygen atoms in total. The molecule has 1 unspecified atom stereocenters. The van der Waals surface area contributed by atoms with Crippen molar-refractivity contribution in [2.24, 2.45) is 0 Å². The lowest BCUT2D eigenvalue weighted by molar-refractivity contribution is 0.0936. The lowest BCUT2D eigenvalue weighted by Crippen LogP contribution is -2.32. The standard InChI is InChI=1S/C19H17F3N4O2/c1-3-10(2)23-18(27)16-13-6-4-5-9-26(13)17(25-16)19(28)24-12-8-7-11(20)14(21)15(12)22/h4-10H,3H2,1-2H3,(H,23,27)(H,24,28). The van der Waals surface area contributed by atoms with Gasteiger partial charge in [-0.1, -0.05) is 13.0 Å². The largest absolute Gasteiger partial charge is 0.348 e. The van der Waals surface area contributed by atoms with Gasteiger partial charge in [-0.15, -0.1) is 0 Å². The van der Waals surface area contributed by atoms with Gasteiger partial charge < -0.3 is 10.6 Å². The summed E-state index contributed by atoms with van der Waals surface area (Å²) in [6.07, 6.45) is 2.22. The number of anilines is 1.